The van der Waals surface area contributed by atoms with Crippen molar-refractivity contribution in [1.82, 2.24) is 15.1 Å². The Hall–Kier alpha value is -2.89. The zero-order valence-electron chi connectivity index (χ0n) is 13.5. The van der Waals surface area contributed by atoms with E-state index in [0.717, 1.165) is 30.9 Å². The average molecular weight is 321 g/mol. The zero-order chi connectivity index (χ0) is 16.4. The van der Waals surface area contributed by atoms with Crippen LogP contribution in [0, 0.1) is 6.92 Å². The molecule has 1 aliphatic rings. The first-order valence-corrected chi connectivity index (χ1v) is 8.12. The van der Waals surface area contributed by atoms with E-state index < -0.39 is 0 Å². The number of pyridine rings is 1. The van der Waals surface area contributed by atoms with Crippen LogP contribution >= 0.6 is 0 Å². The van der Waals surface area contributed by atoms with Crippen molar-refractivity contribution in [2.45, 2.75) is 19.4 Å². The largest absolute Gasteiger partial charge is 0.369 e. The highest BCUT2D eigenvalue weighted by Gasteiger charge is 2.24. The van der Waals surface area contributed by atoms with Gasteiger partial charge in [0.15, 0.2) is 5.82 Å². The minimum Gasteiger partial charge on any atom is -0.369 e. The maximum atomic E-state index is 5.29. The summed E-state index contributed by atoms with van der Waals surface area (Å²) in [6.07, 6.45) is 2.84. The fourth-order valence-electron chi connectivity index (χ4n) is 3.04. The number of aryl methyl sites for hydroxylation is 1. The Morgan fingerprint density at radius 2 is 2.04 bits per heavy atom. The molecule has 1 aromatic carbocycles. The first-order valence-electron chi connectivity index (χ1n) is 8.12. The highest BCUT2D eigenvalue weighted by Crippen LogP contribution is 2.27. The van der Waals surface area contributed by atoms with E-state index in [1.807, 2.05) is 25.1 Å². The second kappa shape index (κ2) is 6.31. The molecular formula is C18H19N5O. The third kappa shape index (κ3) is 2.95. The van der Waals surface area contributed by atoms with E-state index in [4.69, 9.17) is 4.52 Å². The summed E-state index contributed by atoms with van der Waals surface area (Å²) in [7, 11) is 0. The van der Waals surface area contributed by atoms with E-state index in [0.29, 0.717) is 17.8 Å². The van der Waals surface area contributed by atoms with Gasteiger partial charge in [-0.3, -0.25) is 0 Å². The van der Waals surface area contributed by atoms with Crippen LogP contribution in [-0.4, -0.2) is 34.3 Å². The molecule has 24 heavy (non-hydrogen) atoms. The van der Waals surface area contributed by atoms with E-state index in [-0.39, 0.29) is 0 Å². The standard InChI is InChI=1S/C18H19N5O/c1-13-20-18(24-22-13)16-8-5-10-19-17(16)21-14-9-11-23(12-14)15-6-3-2-4-7-15/h2-8,10,14H,9,11-12H2,1H3,(H,19,21). The molecule has 3 aromatic rings. The van der Waals surface area contributed by atoms with Gasteiger partial charge in [0.2, 0.25) is 0 Å². The van der Waals surface area contributed by atoms with Gasteiger partial charge >= 0.3 is 0 Å². The summed E-state index contributed by atoms with van der Waals surface area (Å²) in [5.41, 5.74) is 2.10. The van der Waals surface area contributed by atoms with E-state index in [9.17, 15) is 0 Å². The topological polar surface area (TPSA) is 67.1 Å². The summed E-state index contributed by atoms with van der Waals surface area (Å²) < 4.78 is 5.29. The highest BCUT2D eigenvalue weighted by molar-refractivity contribution is 5.69. The monoisotopic (exact) mass is 321 g/mol. The van der Waals surface area contributed by atoms with E-state index in [1.165, 1.54) is 5.69 Å². The van der Waals surface area contributed by atoms with E-state index >= 15 is 0 Å². The number of hydrogen-bond donors (Lipinski definition) is 1. The minimum absolute atomic E-state index is 0.336. The van der Waals surface area contributed by atoms with Crippen molar-refractivity contribution in [3.63, 3.8) is 0 Å². The molecule has 4 rings (SSSR count). The quantitative estimate of drug-likeness (QED) is 0.796. The molecule has 1 unspecified atom stereocenters. The maximum absolute atomic E-state index is 5.29. The summed E-state index contributed by atoms with van der Waals surface area (Å²) in [6, 6.07) is 14.7. The van der Waals surface area contributed by atoms with Gasteiger partial charge in [-0.2, -0.15) is 4.98 Å². The number of nitrogens with zero attached hydrogens (tertiary/aromatic N) is 4. The summed E-state index contributed by atoms with van der Waals surface area (Å²) in [4.78, 5) is 11.2. The van der Waals surface area contributed by atoms with Gasteiger partial charge in [0.25, 0.3) is 5.89 Å². The Morgan fingerprint density at radius 3 is 2.83 bits per heavy atom. The van der Waals surface area contributed by atoms with Crippen LogP contribution in [0.4, 0.5) is 11.5 Å². The smallest absolute Gasteiger partial charge is 0.261 e. The molecule has 6 nitrogen and oxygen atoms in total. The number of para-hydroxylation sites is 1. The normalized spacial score (nSPS) is 17.2. The van der Waals surface area contributed by atoms with Gasteiger partial charge in [-0.05, 0) is 37.6 Å². The lowest BCUT2D eigenvalue weighted by Gasteiger charge is -2.19. The predicted molar refractivity (Wildman–Crippen MR) is 92.9 cm³/mol. The molecule has 2 aromatic heterocycles. The fourth-order valence-corrected chi connectivity index (χ4v) is 3.04. The number of rotatable bonds is 4. The van der Waals surface area contributed by atoms with E-state index in [1.54, 1.807) is 6.20 Å². The Bertz CT molecular complexity index is 817. The summed E-state index contributed by atoms with van der Waals surface area (Å²) in [5, 5.41) is 7.40. The third-order valence-corrected chi connectivity index (χ3v) is 4.22. The van der Waals surface area contributed by atoms with Crippen molar-refractivity contribution in [3.05, 3.63) is 54.5 Å². The van der Waals surface area contributed by atoms with Gasteiger partial charge in [0.05, 0.1) is 5.56 Å². The number of hydrogen-bond acceptors (Lipinski definition) is 6. The maximum Gasteiger partial charge on any atom is 0.261 e. The number of anilines is 2. The van der Waals surface area contributed by atoms with Gasteiger partial charge in [-0.15, -0.1) is 0 Å². The molecule has 0 amide bonds. The summed E-state index contributed by atoms with van der Waals surface area (Å²) in [6.45, 7) is 3.79. The molecule has 1 N–H and O–H groups in total. The first kappa shape index (κ1) is 14.7. The molecule has 3 heterocycles. The van der Waals surface area contributed by atoms with Crippen LogP contribution in [0.15, 0.2) is 53.2 Å². The highest BCUT2D eigenvalue weighted by atomic mass is 16.5. The van der Waals surface area contributed by atoms with Gasteiger partial charge in [-0.1, -0.05) is 23.4 Å². The Morgan fingerprint density at radius 1 is 1.17 bits per heavy atom. The molecule has 0 radical (unpaired) electrons. The van der Waals surface area contributed by atoms with Crippen molar-refractivity contribution < 1.29 is 4.52 Å². The predicted octanol–water partition coefficient (Wildman–Crippen LogP) is 3.13. The molecule has 1 saturated heterocycles. The van der Waals surface area contributed by atoms with Crippen LogP contribution in [0.5, 0.6) is 0 Å². The molecule has 1 aliphatic heterocycles. The molecule has 0 spiro atoms. The van der Waals surface area contributed by atoms with Crippen molar-refractivity contribution in [2.24, 2.45) is 0 Å². The molecule has 1 fully saturated rings. The third-order valence-electron chi connectivity index (χ3n) is 4.22. The van der Waals surface area contributed by atoms with Crippen LogP contribution < -0.4 is 10.2 Å². The van der Waals surface area contributed by atoms with Gasteiger partial charge in [0, 0.05) is 31.0 Å². The van der Waals surface area contributed by atoms with Crippen molar-refractivity contribution in [3.8, 4) is 11.5 Å². The van der Waals surface area contributed by atoms with Crippen LogP contribution in [0.25, 0.3) is 11.5 Å². The summed E-state index contributed by atoms with van der Waals surface area (Å²) in [5.74, 6) is 1.91. The molecule has 0 bridgehead atoms. The second-order valence-corrected chi connectivity index (χ2v) is 5.96. The fraction of sp³-hybridized carbons (Fsp3) is 0.278. The second-order valence-electron chi connectivity index (χ2n) is 5.96. The molecule has 0 aliphatic carbocycles. The number of aromatic nitrogens is 3. The van der Waals surface area contributed by atoms with Crippen LogP contribution in [0.1, 0.15) is 12.2 Å². The Balaban J connectivity index is 1.51. The lowest BCUT2D eigenvalue weighted by Crippen LogP contribution is -2.26. The van der Waals surface area contributed by atoms with Crippen molar-refractivity contribution >= 4 is 11.5 Å². The Labute approximate surface area is 140 Å². The van der Waals surface area contributed by atoms with Crippen molar-refractivity contribution in [2.75, 3.05) is 23.3 Å². The lowest BCUT2D eigenvalue weighted by molar-refractivity contribution is 0.425. The summed E-state index contributed by atoms with van der Waals surface area (Å²) >= 11 is 0. The molecule has 6 heteroatoms. The van der Waals surface area contributed by atoms with Gasteiger partial charge in [-0.25, -0.2) is 4.98 Å². The minimum atomic E-state index is 0.336. The SMILES string of the molecule is Cc1noc(-c2cccnc2NC2CCN(c3ccccc3)C2)n1. The van der Waals surface area contributed by atoms with Gasteiger partial charge < -0.3 is 14.7 Å². The Kier molecular flexibility index (Phi) is 3.86. The number of nitrogens with one attached hydrogen (secondary N) is 1. The van der Waals surface area contributed by atoms with Crippen LogP contribution in [0.3, 0.4) is 0 Å². The van der Waals surface area contributed by atoms with Crippen molar-refractivity contribution in [1.29, 1.82) is 0 Å². The van der Waals surface area contributed by atoms with Crippen LogP contribution in [0.2, 0.25) is 0 Å². The van der Waals surface area contributed by atoms with E-state index in [2.05, 4.69) is 49.6 Å². The molecular weight excluding hydrogens is 302 g/mol. The molecule has 1 atom stereocenters. The zero-order valence-corrected chi connectivity index (χ0v) is 13.5. The van der Waals surface area contributed by atoms with Crippen LogP contribution in [-0.2, 0) is 0 Å². The lowest BCUT2D eigenvalue weighted by atomic mass is 10.2. The molecule has 0 saturated carbocycles. The molecule has 122 valence electrons. The van der Waals surface area contributed by atoms with Gasteiger partial charge in [0.1, 0.15) is 5.82 Å². The number of benzene rings is 1. The average Bonchev–Trinajstić information content (AvgIpc) is 3.25. The first-order chi connectivity index (χ1) is 11.8.